The van der Waals surface area contributed by atoms with Gasteiger partial charge < -0.3 is 4.42 Å². The van der Waals surface area contributed by atoms with E-state index in [0.29, 0.717) is 11.8 Å². The van der Waals surface area contributed by atoms with Crippen molar-refractivity contribution < 1.29 is 4.42 Å². The second-order valence-electron chi connectivity index (χ2n) is 5.27. The molecule has 0 fully saturated rings. The molecule has 2 aromatic carbocycles. The molecule has 0 saturated heterocycles. The van der Waals surface area contributed by atoms with Crippen LogP contribution in [0, 0.1) is 6.92 Å². The van der Waals surface area contributed by atoms with Crippen LogP contribution in [0.5, 0.6) is 0 Å². The van der Waals surface area contributed by atoms with Crippen LogP contribution >= 0.6 is 0 Å². The predicted molar refractivity (Wildman–Crippen MR) is 78.3 cm³/mol. The largest absolute Gasteiger partial charge is 0.436 e. The molecule has 0 N–H and O–H groups in total. The van der Waals surface area contributed by atoms with Gasteiger partial charge >= 0.3 is 0 Å². The summed E-state index contributed by atoms with van der Waals surface area (Å²) in [5.74, 6) is 1.23. The minimum absolute atomic E-state index is 0.542. The Balaban J connectivity index is 2.03. The third-order valence-electron chi connectivity index (χ3n) is 3.37. The molecule has 0 amide bonds. The van der Waals surface area contributed by atoms with Gasteiger partial charge in [-0.25, -0.2) is 4.98 Å². The SMILES string of the molecule is Cc1ccc2oc(-c3ccc(C(C)C)cc3)nc2c1. The van der Waals surface area contributed by atoms with Crippen LogP contribution < -0.4 is 0 Å². The van der Waals surface area contributed by atoms with Gasteiger partial charge in [0.25, 0.3) is 0 Å². The highest BCUT2D eigenvalue weighted by Gasteiger charge is 2.08. The number of hydrogen-bond acceptors (Lipinski definition) is 2. The molecular weight excluding hydrogens is 234 g/mol. The van der Waals surface area contributed by atoms with E-state index in [2.05, 4.69) is 50.0 Å². The maximum absolute atomic E-state index is 5.80. The summed E-state index contributed by atoms with van der Waals surface area (Å²) in [5, 5.41) is 0. The number of benzene rings is 2. The van der Waals surface area contributed by atoms with Crippen molar-refractivity contribution in [2.75, 3.05) is 0 Å². The first-order valence-electron chi connectivity index (χ1n) is 6.61. The molecule has 0 aliphatic rings. The second kappa shape index (κ2) is 4.54. The maximum Gasteiger partial charge on any atom is 0.227 e. The second-order valence-corrected chi connectivity index (χ2v) is 5.27. The minimum Gasteiger partial charge on any atom is -0.436 e. The Bertz CT molecular complexity index is 708. The third-order valence-corrected chi connectivity index (χ3v) is 3.37. The van der Waals surface area contributed by atoms with Crippen molar-refractivity contribution in [3.8, 4) is 11.5 Å². The fourth-order valence-electron chi connectivity index (χ4n) is 2.17. The van der Waals surface area contributed by atoms with Crippen LogP contribution in [-0.4, -0.2) is 4.98 Å². The smallest absolute Gasteiger partial charge is 0.227 e. The van der Waals surface area contributed by atoms with Gasteiger partial charge in [-0.05, 0) is 48.2 Å². The molecule has 96 valence electrons. The number of hydrogen-bond donors (Lipinski definition) is 0. The number of fused-ring (bicyclic) bond motifs is 1. The van der Waals surface area contributed by atoms with E-state index in [4.69, 9.17) is 4.42 Å². The lowest BCUT2D eigenvalue weighted by atomic mass is 10.0. The van der Waals surface area contributed by atoms with Crippen LogP contribution in [0.15, 0.2) is 46.9 Å². The Morgan fingerprint density at radius 1 is 1.00 bits per heavy atom. The van der Waals surface area contributed by atoms with Gasteiger partial charge in [0.1, 0.15) is 5.52 Å². The average molecular weight is 251 g/mol. The molecule has 2 nitrogen and oxygen atoms in total. The molecule has 0 aliphatic carbocycles. The molecular formula is C17H17NO. The molecule has 2 heteroatoms. The fraction of sp³-hybridized carbons (Fsp3) is 0.235. The normalized spacial score (nSPS) is 11.4. The average Bonchev–Trinajstić information content (AvgIpc) is 2.81. The van der Waals surface area contributed by atoms with E-state index in [1.54, 1.807) is 0 Å². The summed E-state index contributed by atoms with van der Waals surface area (Å²) in [6, 6.07) is 14.5. The number of oxazole rings is 1. The first-order valence-corrected chi connectivity index (χ1v) is 6.61. The lowest BCUT2D eigenvalue weighted by Crippen LogP contribution is -1.86. The molecule has 0 atom stereocenters. The Kier molecular flexibility index (Phi) is 2.86. The number of aromatic nitrogens is 1. The van der Waals surface area contributed by atoms with Gasteiger partial charge in [0.05, 0.1) is 0 Å². The summed E-state index contributed by atoms with van der Waals surface area (Å²) >= 11 is 0. The first-order chi connectivity index (χ1) is 9.13. The van der Waals surface area contributed by atoms with Crippen LogP contribution in [0.4, 0.5) is 0 Å². The summed E-state index contributed by atoms with van der Waals surface area (Å²) in [6.45, 7) is 6.44. The van der Waals surface area contributed by atoms with Gasteiger partial charge in [-0.2, -0.15) is 0 Å². The van der Waals surface area contributed by atoms with E-state index in [1.165, 1.54) is 11.1 Å². The molecule has 0 radical (unpaired) electrons. The Labute approximate surface area is 113 Å². The monoisotopic (exact) mass is 251 g/mol. The van der Waals surface area contributed by atoms with Crippen LogP contribution in [0.2, 0.25) is 0 Å². The quantitative estimate of drug-likeness (QED) is 0.645. The molecule has 0 spiro atoms. The minimum atomic E-state index is 0.542. The molecule has 0 saturated carbocycles. The van der Waals surface area contributed by atoms with Crippen LogP contribution in [0.3, 0.4) is 0 Å². The fourth-order valence-corrected chi connectivity index (χ4v) is 2.17. The molecule has 0 aliphatic heterocycles. The lowest BCUT2D eigenvalue weighted by Gasteiger charge is -2.04. The van der Waals surface area contributed by atoms with Crippen molar-refractivity contribution in [2.45, 2.75) is 26.7 Å². The highest BCUT2D eigenvalue weighted by atomic mass is 16.3. The first kappa shape index (κ1) is 12.0. The molecule has 3 aromatic rings. The summed E-state index contributed by atoms with van der Waals surface area (Å²) in [4.78, 5) is 4.55. The molecule has 1 aromatic heterocycles. The Morgan fingerprint density at radius 2 is 1.74 bits per heavy atom. The maximum atomic E-state index is 5.80. The number of rotatable bonds is 2. The van der Waals surface area contributed by atoms with Crippen molar-refractivity contribution in [3.05, 3.63) is 53.6 Å². The van der Waals surface area contributed by atoms with Crippen molar-refractivity contribution in [1.82, 2.24) is 4.98 Å². The summed E-state index contributed by atoms with van der Waals surface area (Å²) in [7, 11) is 0. The molecule has 0 unspecified atom stereocenters. The zero-order valence-corrected chi connectivity index (χ0v) is 11.5. The number of aryl methyl sites for hydroxylation is 1. The van der Waals surface area contributed by atoms with E-state index < -0.39 is 0 Å². The topological polar surface area (TPSA) is 26.0 Å². The third kappa shape index (κ3) is 2.26. The van der Waals surface area contributed by atoms with Crippen LogP contribution in [0.25, 0.3) is 22.6 Å². The molecule has 19 heavy (non-hydrogen) atoms. The summed E-state index contributed by atoms with van der Waals surface area (Å²) in [5.41, 5.74) is 5.31. The van der Waals surface area contributed by atoms with E-state index in [-0.39, 0.29) is 0 Å². The van der Waals surface area contributed by atoms with E-state index >= 15 is 0 Å². The summed E-state index contributed by atoms with van der Waals surface area (Å²) in [6.07, 6.45) is 0. The standard InChI is InChI=1S/C17H17NO/c1-11(2)13-5-7-14(8-6-13)17-18-15-10-12(3)4-9-16(15)19-17/h4-11H,1-3H3. The van der Waals surface area contributed by atoms with E-state index in [9.17, 15) is 0 Å². The van der Waals surface area contributed by atoms with Gasteiger partial charge in [0.15, 0.2) is 5.58 Å². The van der Waals surface area contributed by atoms with Gasteiger partial charge in [0, 0.05) is 5.56 Å². The molecule has 3 rings (SSSR count). The van der Waals surface area contributed by atoms with Gasteiger partial charge in [0.2, 0.25) is 5.89 Å². The van der Waals surface area contributed by atoms with Crippen molar-refractivity contribution in [3.63, 3.8) is 0 Å². The summed E-state index contributed by atoms with van der Waals surface area (Å²) < 4.78 is 5.80. The van der Waals surface area contributed by atoms with Crippen molar-refractivity contribution >= 4 is 11.1 Å². The lowest BCUT2D eigenvalue weighted by molar-refractivity contribution is 0.619. The zero-order valence-electron chi connectivity index (χ0n) is 11.5. The van der Waals surface area contributed by atoms with Crippen molar-refractivity contribution in [1.29, 1.82) is 0 Å². The predicted octanol–water partition coefficient (Wildman–Crippen LogP) is 4.93. The Hall–Kier alpha value is -2.09. The number of nitrogens with zero attached hydrogens (tertiary/aromatic N) is 1. The Morgan fingerprint density at radius 3 is 2.42 bits per heavy atom. The molecule has 1 heterocycles. The highest BCUT2D eigenvalue weighted by Crippen LogP contribution is 2.26. The van der Waals surface area contributed by atoms with Gasteiger partial charge in [-0.15, -0.1) is 0 Å². The van der Waals surface area contributed by atoms with Crippen molar-refractivity contribution in [2.24, 2.45) is 0 Å². The molecule has 0 bridgehead atoms. The van der Waals surface area contributed by atoms with E-state index in [1.807, 2.05) is 18.2 Å². The van der Waals surface area contributed by atoms with Crippen LogP contribution in [-0.2, 0) is 0 Å². The zero-order chi connectivity index (χ0) is 13.4. The van der Waals surface area contributed by atoms with Gasteiger partial charge in [-0.3, -0.25) is 0 Å². The van der Waals surface area contributed by atoms with Crippen LogP contribution in [0.1, 0.15) is 30.9 Å². The van der Waals surface area contributed by atoms with E-state index in [0.717, 1.165) is 16.7 Å². The van der Waals surface area contributed by atoms with Gasteiger partial charge in [-0.1, -0.05) is 32.0 Å². The highest BCUT2D eigenvalue weighted by molar-refractivity contribution is 5.76.